The van der Waals surface area contributed by atoms with Crippen molar-refractivity contribution in [2.24, 2.45) is 5.92 Å². The van der Waals surface area contributed by atoms with Gasteiger partial charge < -0.3 is 0 Å². The maximum atomic E-state index is 2.33. The van der Waals surface area contributed by atoms with Gasteiger partial charge in [-0.25, -0.2) is 0 Å². The van der Waals surface area contributed by atoms with Gasteiger partial charge in [0.1, 0.15) is 0 Å². The molecule has 1 heteroatoms. The molecule has 50 valence electrons. The highest BCUT2D eigenvalue weighted by Gasteiger charge is 2.04. The van der Waals surface area contributed by atoms with Crippen molar-refractivity contribution in [1.82, 2.24) is 0 Å². The highest BCUT2D eigenvalue weighted by molar-refractivity contribution is 6.11. The van der Waals surface area contributed by atoms with E-state index in [0.717, 1.165) is 11.5 Å². The zero-order valence-corrected chi connectivity index (χ0v) is 8.17. The Morgan fingerprint density at radius 1 is 1.44 bits per heavy atom. The Bertz CT molecular complexity index is 122. The molecular weight excluding hydrogens is 124 g/mol. The highest BCUT2D eigenvalue weighted by atomic mass is 28.1. The van der Waals surface area contributed by atoms with Crippen molar-refractivity contribution in [3.63, 3.8) is 0 Å². The van der Waals surface area contributed by atoms with Crippen LogP contribution >= 0.6 is 0 Å². The number of rotatable bonds is 2. The lowest BCUT2D eigenvalue weighted by molar-refractivity contribution is 0.696. The zero-order chi connectivity index (χ0) is 6.69. The molecule has 0 nitrogen and oxygen atoms in total. The molecule has 0 aromatic rings. The fraction of sp³-hybridized carbons (Fsp3) is 0.500. The van der Waals surface area contributed by atoms with E-state index in [1.54, 1.807) is 0 Å². The maximum Gasteiger partial charge on any atom is 0.00642 e. The standard InChI is InChI=1S/C8H14Si/c1-7(9)6-8-4-2-3-5-8/h2-5,7-8H,6H2,1,9H3. The van der Waals surface area contributed by atoms with Crippen LogP contribution in [0.15, 0.2) is 24.3 Å². The zero-order valence-electron chi connectivity index (χ0n) is 6.17. The molecule has 0 bridgehead atoms. The molecule has 1 aliphatic carbocycles. The third-order valence-electron chi connectivity index (χ3n) is 1.57. The van der Waals surface area contributed by atoms with Gasteiger partial charge in [0.25, 0.3) is 0 Å². The van der Waals surface area contributed by atoms with Gasteiger partial charge in [0, 0.05) is 10.2 Å². The molecule has 0 amide bonds. The minimum absolute atomic E-state index is 0.762. The maximum absolute atomic E-state index is 2.33. The van der Waals surface area contributed by atoms with Crippen LogP contribution in [-0.4, -0.2) is 10.2 Å². The van der Waals surface area contributed by atoms with Crippen molar-refractivity contribution in [1.29, 1.82) is 0 Å². The largest absolute Gasteiger partial charge is 0.0776 e. The Balaban J connectivity index is 2.29. The van der Waals surface area contributed by atoms with Crippen LogP contribution in [0.1, 0.15) is 13.3 Å². The molecule has 1 unspecified atom stereocenters. The number of hydrogen-bond donors (Lipinski definition) is 0. The Hall–Kier alpha value is -0.303. The third-order valence-corrected chi connectivity index (χ3v) is 2.04. The van der Waals surface area contributed by atoms with E-state index in [9.17, 15) is 0 Å². The second kappa shape index (κ2) is 3.02. The Labute approximate surface area is 60.1 Å². The van der Waals surface area contributed by atoms with E-state index in [1.807, 2.05) is 0 Å². The van der Waals surface area contributed by atoms with Gasteiger partial charge in [0.05, 0.1) is 0 Å². The SMILES string of the molecule is CC([SiH3])CC1C=CC=C1. The van der Waals surface area contributed by atoms with E-state index in [1.165, 1.54) is 16.7 Å². The summed E-state index contributed by atoms with van der Waals surface area (Å²) >= 11 is 0. The second-order valence-corrected chi connectivity index (χ2v) is 5.03. The van der Waals surface area contributed by atoms with Crippen molar-refractivity contribution in [2.75, 3.05) is 0 Å². The molecule has 0 aliphatic heterocycles. The minimum Gasteiger partial charge on any atom is -0.0776 e. The lowest BCUT2D eigenvalue weighted by atomic mass is 10.1. The summed E-state index contributed by atoms with van der Waals surface area (Å²) in [6.45, 7) is 2.33. The predicted molar refractivity (Wildman–Crippen MR) is 45.8 cm³/mol. The molecule has 0 aromatic carbocycles. The average Bonchev–Trinajstić information content (AvgIpc) is 2.15. The first-order valence-electron chi connectivity index (χ1n) is 3.64. The highest BCUT2D eigenvalue weighted by Crippen LogP contribution is 2.19. The molecule has 9 heavy (non-hydrogen) atoms. The first-order chi connectivity index (χ1) is 4.29. The van der Waals surface area contributed by atoms with Gasteiger partial charge in [0.2, 0.25) is 0 Å². The molecule has 1 aliphatic rings. The van der Waals surface area contributed by atoms with Gasteiger partial charge in [-0.1, -0.05) is 36.8 Å². The van der Waals surface area contributed by atoms with Crippen molar-refractivity contribution in [2.45, 2.75) is 18.9 Å². The monoisotopic (exact) mass is 138 g/mol. The lowest BCUT2D eigenvalue weighted by Gasteiger charge is -2.06. The summed E-state index contributed by atoms with van der Waals surface area (Å²) in [6, 6.07) is 0. The van der Waals surface area contributed by atoms with Crippen LogP contribution in [0, 0.1) is 5.92 Å². The van der Waals surface area contributed by atoms with Gasteiger partial charge in [-0.3, -0.25) is 0 Å². The molecule has 0 fully saturated rings. The Kier molecular flexibility index (Phi) is 2.28. The molecule has 1 atom stereocenters. The number of allylic oxidation sites excluding steroid dienone is 4. The number of hydrogen-bond acceptors (Lipinski definition) is 0. The van der Waals surface area contributed by atoms with E-state index in [4.69, 9.17) is 0 Å². The first-order valence-corrected chi connectivity index (χ1v) is 4.79. The summed E-state index contributed by atoms with van der Waals surface area (Å²) < 4.78 is 0. The van der Waals surface area contributed by atoms with E-state index >= 15 is 0 Å². The molecule has 0 heterocycles. The lowest BCUT2D eigenvalue weighted by Crippen LogP contribution is -1.94. The smallest absolute Gasteiger partial charge is 0.00642 e. The summed E-state index contributed by atoms with van der Waals surface area (Å²) in [5, 5.41) is 0. The molecule has 0 saturated heterocycles. The summed E-state index contributed by atoms with van der Waals surface area (Å²) in [5.74, 6) is 0.762. The van der Waals surface area contributed by atoms with Crippen LogP contribution < -0.4 is 0 Å². The molecular formula is C8H14Si. The molecule has 0 aromatic heterocycles. The molecule has 0 spiro atoms. The van der Waals surface area contributed by atoms with Gasteiger partial charge in [-0.05, 0) is 12.3 Å². The molecule has 0 radical (unpaired) electrons. The molecule has 0 N–H and O–H groups in total. The first kappa shape index (κ1) is 6.81. The normalized spacial score (nSPS) is 21.4. The van der Waals surface area contributed by atoms with Crippen LogP contribution in [0.5, 0.6) is 0 Å². The van der Waals surface area contributed by atoms with Crippen molar-refractivity contribution < 1.29 is 0 Å². The van der Waals surface area contributed by atoms with E-state index in [2.05, 4.69) is 31.2 Å². The van der Waals surface area contributed by atoms with Crippen molar-refractivity contribution >= 4 is 10.2 Å². The van der Waals surface area contributed by atoms with Gasteiger partial charge >= 0.3 is 0 Å². The Morgan fingerprint density at radius 2 is 2.00 bits per heavy atom. The van der Waals surface area contributed by atoms with Crippen LogP contribution in [0.3, 0.4) is 0 Å². The third kappa shape index (κ3) is 2.18. The fourth-order valence-corrected chi connectivity index (χ4v) is 1.72. The van der Waals surface area contributed by atoms with Crippen LogP contribution in [-0.2, 0) is 0 Å². The molecule has 1 rings (SSSR count). The molecule has 0 saturated carbocycles. The minimum atomic E-state index is 0.762. The van der Waals surface area contributed by atoms with Gasteiger partial charge in [0.15, 0.2) is 0 Å². The summed E-state index contributed by atoms with van der Waals surface area (Å²) in [5.41, 5.74) is 0.961. The van der Waals surface area contributed by atoms with Crippen LogP contribution in [0.4, 0.5) is 0 Å². The van der Waals surface area contributed by atoms with Crippen molar-refractivity contribution in [3.05, 3.63) is 24.3 Å². The summed E-state index contributed by atoms with van der Waals surface area (Å²) in [4.78, 5) is 0. The predicted octanol–water partition coefficient (Wildman–Crippen LogP) is 1.29. The second-order valence-electron chi connectivity index (χ2n) is 3.06. The quantitative estimate of drug-likeness (QED) is 0.504. The summed E-state index contributed by atoms with van der Waals surface area (Å²) in [7, 11) is 1.34. The van der Waals surface area contributed by atoms with Gasteiger partial charge in [-0.2, -0.15) is 0 Å². The van der Waals surface area contributed by atoms with E-state index in [-0.39, 0.29) is 0 Å². The summed E-state index contributed by atoms with van der Waals surface area (Å²) in [6.07, 6.45) is 10.2. The van der Waals surface area contributed by atoms with Crippen LogP contribution in [0.25, 0.3) is 0 Å². The fourth-order valence-electron chi connectivity index (χ4n) is 1.18. The average molecular weight is 138 g/mol. The van der Waals surface area contributed by atoms with Crippen molar-refractivity contribution in [3.8, 4) is 0 Å². The van der Waals surface area contributed by atoms with Crippen LogP contribution in [0.2, 0.25) is 5.54 Å². The topological polar surface area (TPSA) is 0 Å². The van der Waals surface area contributed by atoms with E-state index < -0.39 is 0 Å². The van der Waals surface area contributed by atoms with Gasteiger partial charge in [-0.15, -0.1) is 0 Å². The van der Waals surface area contributed by atoms with E-state index in [0.29, 0.717) is 0 Å². The Morgan fingerprint density at radius 3 is 2.44 bits per heavy atom.